The summed E-state index contributed by atoms with van der Waals surface area (Å²) in [7, 11) is 0. The highest BCUT2D eigenvalue weighted by atomic mass is 16.5. The molecule has 0 saturated heterocycles. The first-order valence-corrected chi connectivity index (χ1v) is 5.95. The Kier molecular flexibility index (Phi) is 4.35. The summed E-state index contributed by atoms with van der Waals surface area (Å²) in [6.07, 6.45) is -1.45. The fraction of sp³-hybridized carbons (Fsp3) is 0.500. The predicted molar refractivity (Wildman–Crippen MR) is 68.4 cm³/mol. The number of hydrogen-bond donors (Lipinski definition) is 2. The zero-order valence-corrected chi connectivity index (χ0v) is 11.2. The van der Waals surface area contributed by atoms with Crippen molar-refractivity contribution in [2.45, 2.75) is 39.2 Å². The van der Waals surface area contributed by atoms with Crippen LogP contribution < -0.4 is 0 Å². The first kappa shape index (κ1) is 14.5. The number of esters is 1. The third-order valence-corrected chi connectivity index (χ3v) is 2.70. The van der Waals surface area contributed by atoms with Gasteiger partial charge in [0.2, 0.25) is 0 Å². The molecule has 0 aromatic heterocycles. The number of rotatable bonds is 3. The van der Waals surface area contributed by atoms with Crippen LogP contribution in [0.1, 0.15) is 44.9 Å². The topological polar surface area (TPSA) is 66.8 Å². The van der Waals surface area contributed by atoms with Crippen molar-refractivity contribution in [1.82, 2.24) is 0 Å². The predicted octanol–water partition coefficient (Wildman–Crippen LogP) is 2.29. The van der Waals surface area contributed by atoms with Crippen molar-refractivity contribution in [2.24, 2.45) is 0 Å². The van der Waals surface area contributed by atoms with Gasteiger partial charge in [-0.1, -0.05) is 26.8 Å². The van der Waals surface area contributed by atoms with Crippen LogP contribution in [0.25, 0.3) is 0 Å². The maximum atomic E-state index is 11.5. The number of phenolic OH excluding ortho intramolecular Hbond substituents is 1. The van der Waals surface area contributed by atoms with Crippen molar-refractivity contribution >= 4 is 5.97 Å². The van der Waals surface area contributed by atoms with Crippen LogP contribution >= 0.6 is 0 Å². The van der Waals surface area contributed by atoms with Gasteiger partial charge in [0.05, 0.1) is 6.61 Å². The van der Waals surface area contributed by atoms with Gasteiger partial charge >= 0.3 is 5.97 Å². The summed E-state index contributed by atoms with van der Waals surface area (Å²) in [6.45, 7) is 7.89. The molecule has 4 heteroatoms. The number of aliphatic hydroxyl groups is 1. The lowest BCUT2D eigenvalue weighted by atomic mass is 9.85. The Morgan fingerprint density at radius 3 is 2.50 bits per heavy atom. The van der Waals surface area contributed by atoms with Crippen LogP contribution in [-0.2, 0) is 14.9 Å². The van der Waals surface area contributed by atoms with Gasteiger partial charge in [0.1, 0.15) is 5.75 Å². The second-order valence-electron chi connectivity index (χ2n) is 5.18. The van der Waals surface area contributed by atoms with E-state index < -0.39 is 12.1 Å². The Bertz CT molecular complexity index is 432. The van der Waals surface area contributed by atoms with Gasteiger partial charge in [0.15, 0.2) is 6.10 Å². The molecule has 1 aromatic rings. The third kappa shape index (κ3) is 3.23. The maximum Gasteiger partial charge on any atom is 0.339 e. The van der Waals surface area contributed by atoms with Gasteiger partial charge in [-0.3, -0.25) is 0 Å². The van der Waals surface area contributed by atoms with Crippen LogP contribution in [-0.4, -0.2) is 22.8 Å². The molecule has 0 aliphatic rings. The number of aliphatic hydroxyl groups excluding tert-OH is 1. The van der Waals surface area contributed by atoms with Crippen molar-refractivity contribution in [2.75, 3.05) is 6.61 Å². The monoisotopic (exact) mass is 252 g/mol. The number of ether oxygens (including phenoxy) is 1. The molecule has 2 N–H and O–H groups in total. The summed E-state index contributed by atoms with van der Waals surface area (Å²) >= 11 is 0. The summed E-state index contributed by atoms with van der Waals surface area (Å²) in [6, 6.07) is 4.89. The third-order valence-electron chi connectivity index (χ3n) is 2.70. The van der Waals surface area contributed by atoms with Crippen LogP contribution in [0.5, 0.6) is 5.75 Å². The van der Waals surface area contributed by atoms with Crippen LogP contribution in [0.2, 0.25) is 0 Å². The van der Waals surface area contributed by atoms with Crippen molar-refractivity contribution in [1.29, 1.82) is 0 Å². The molecule has 1 atom stereocenters. The zero-order valence-electron chi connectivity index (χ0n) is 11.2. The van der Waals surface area contributed by atoms with Crippen LogP contribution in [0.15, 0.2) is 18.2 Å². The Morgan fingerprint density at radius 2 is 2.00 bits per heavy atom. The van der Waals surface area contributed by atoms with E-state index in [2.05, 4.69) is 0 Å². The minimum absolute atomic E-state index is 0.108. The van der Waals surface area contributed by atoms with Crippen molar-refractivity contribution in [3.05, 3.63) is 29.3 Å². The first-order valence-electron chi connectivity index (χ1n) is 5.95. The normalized spacial score (nSPS) is 13.2. The fourth-order valence-corrected chi connectivity index (χ4v) is 1.59. The summed E-state index contributed by atoms with van der Waals surface area (Å²) in [5, 5.41) is 19.6. The fourth-order valence-electron chi connectivity index (χ4n) is 1.59. The van der Waals surface area contributed by atoms with Gasteiger partial charge in [-0.05, 0) is 30.0 Å². The van der Waals surface area contributed by atoms with Gasteiger partial charge in [-0.25, -0.2) is 4.79 Å². The highest BCUT2D eigenvalue weighted by Crippen LogP contribution is 2.31. The van der Waals surface area contributed by atoms with E-state index in [1.807, 2.05) is 20.8 Å². The molecule has 0 bridgehead atoms. The van der Waals surface area contributed by atoms with E-state index in [0.29, 0.717) is 0 Å². The van der Waals surface area contributed by atoms with E-state index in [0.717, 1.165) is 5.56 Å². The Morgan fingerprint density at radius 1 is 1.39 bits per heavy atom. The summed E-state index contributed by atoms with van der Waals surface area (Å²) < 4.78 is 4.74. The van der Waals surface area contributed by atoms with Gasteiger partial charge < -0.3 is 14.9 Å². The smallest absolute Gasteiger partial charge is 0.339 e. The molecule has 0 radical (unpaired) electrons. The van der Waals surface area contributed by atoms with Gasteiger partial charge in [-0.2, -0.15) is 0 Å². The number of phenols is 1. The van der Waals surface area contributed by atoms with E-state index in [1.165, 1.54) is 6.07 Å². The van der Waals surface area contributed by atoms with E-state index in [4.69, 9.17) is 4.74 Å². The lowest BCUT2D eigenvalue weighted by Crippen LogP contribution is -2.17. The van der Waals surface area contributed by atoms with E-state index >= 15 is 0 Å². The van der Waals surface area contributed by atoms with E-state index in [9.17, 15) is 15.0 Å². The maximum absolute atomic E-state index is 11.5. The Labute approximate surface area is 107 Å². The molecule has 0 amide bonds. The molecule has 100 valence electrons. The lowest BCUT2D eigenvalue weighted by molar-refractivity contribution is -0.153. The second kappa shape index (κ2) is 5.40. The minimum atomic E-state index is -1.45. The molecule has 0 spiro atoms. The van der Waals surface area contributed by atoms with E-state index in [1.54, 1.807) is 19.1 Å². The molecule has 4 nitrogen and oxygen atoms in total. The van der Waals surface area contributed by atoms with Crippen LogP contribution in [0.3, 0.4) is 0 Å². The molecule has 1 rings (SSSR count). The molecule has 1 aromatic carbocycles. The number of carbonyl (C=O) groups excluding carboxylic acids is 1. The average Bonchev–Trinajstić information content (AvgIpc) is 2.27. The molecule has 1 unspecified atom stereocenters. The zero-order chi connectivity index (χ0) is 13.9. The highest BCUT2D eigenvalue weighted by molar-refractivity contribution is 5.77. The molecule has 0 aliphatic heterocycles. The first-order chi connectivity index (χ1) is 8.27. The molecule has 0 saturated carbocycles. The van der Waals surface area contributed by atoms with Gasteiger partial charge in [-0.15, -0.1) is 0 Å². The van der Waals surface area contributed by atoms with Crippen molar-refractivity contribution in [3.63, 3.8) is 0 Å². The summed E-state index contributed by atoms with van der Waals surface area (Å²) in [5.41, 5.74) is 0.983. The summed E-state index contributed by atoms with van der Waals surface area (Å²) in [5.74, 6) is -0.859. The highest BCUT2D eigenvalue weighted by Gasteiger charge is 2.24. The van der Waals surface area contributed by atoms with Gasteiger partial charge in [0.25, 0.3) is 0 Å². The van der Waals surface area contributed by atoms with Crippen molar-refractivity contribution in [3.8, 4) is 5.75 Å². The van der Waals surface area contributed by atoms with Crippen LogP contribution in [0, 0.1) is 0 Å². The minimum Gasteiger partial charge on any atom is -0.508 e. The molecular formula is C14H20O4. The molecule has 0 aliphatic carbocycles. The number of benzene rings is 1. The summed E-state index contributed by atoms with van der Waals surface area (Å²) in [4.78, 5) is 11.5. The van der Waals surface area contributed by atoms with E-state index in [-0.39, 0.29) is 23.3 Å². The average molecular weight is 252 g/mol. The lowest BCUT2D eigenvalue weighted by Gasteiger charge is -2.21. The van der Waals surface area contributed by atoms with Crippen LogP contribution in [0.4, 0.5) is 0 Å². The van der Waals surface area contributed by atoms with Gasteiger partial charge in [0, 0.05) is 5.56 Å². The SMILES string of the molecule is CCOC(=O)C(O)c1cc(C(C)(C)C)ccc1O. The molecule has 0 heterocycles. The van der Waals surface area contributed by atoms with Crippen molar-refractivity contribution < 1.29 is 19.7 Å². The molecule has 18 heavy (non-hydrogen) atoms. The number of carbonyl (C=O) groups is 1. The largest absolute Gasteiger partial charge is 0.508 e. The Balaban J connectivity index is 3.12. The quantitative estimate of drug-likeness (QED) is 0.810. The molecular weight excluding hydrogens is 232 g/mol. The molecule has 0 fully saturated rings. The number of hydrogen-bond acceptors (Lipinski definition) is 4. The second-order valence-corrected chi connectivity index (χ2v) is 5.18. The standard InChI is InChI=1S/C14H20O4/c1-5-18-13(17)12(16)10-8-9(14(2,3)4)6-7-11(10)15/h6-8,12,15-16H,5H2,1-4H3. The Hall–Kier alpha value is -1.55. The number of aromatic hydroxyl groups is 1.